The summed E-state index contributed by atoms with van der Waals surface area (Å²) in [6, 6.07) is 13.5. The third kappa shape index (κ3) is 4.22. The molecular weight excluding hydrogens is 420 g/mol. The van der Waals surface area contributed by atoms with E-state index in [1.807, 2.05) is 47.1 Å². The van der Waals surface area contributed by atoms with Crippen LogP contribution in [0.2, 0.25) is 0 Å². The highest BCUT2D eigenvalue weighted by molar-refractivity contribution is 6.11. The predicted molar refractivity (Wildman–Crippen MR) is 123 cm³/mol. The zero-order valence-electron chi connectivity index (χ0n) is 18.3. The number of nitrogens with zero attached hydrogens (tertiary/aromatic N) is 5. The number of hydrogen-bond donors (Lipinski definition) is 1. The number of hydrogen-bond acceptors (Lipinski definition) is 5. The molecule has 4 aromatic rings. The maximum atomic E-state index is 13.1. The van der Waals surface area contributed by atoms with E-state index in [9.17, 15) is 9.59 Å². The first-order chi connectivity index (χ1) is 16.1. The van der Waals surface area contributed by atoms with E-state index in [2.05, 4.69) is 15.4 Å². The lowest BCUT2D eigenvalue weighted by Crippen LogP contribution is -2.34. The Morgan fingerprint density at radius 1 is 1.09 bits per heavy atom. The molecule has 1 aromatic carbocycles. The molecule has 1 aliphatic rings. The molecule has 1 N–H and O–H groups in total. The van der Waals surface area contributed by atoms with Gasteiger partial charge < -0.3 is 19.4 Å². The number of amides is 2. The van der Waals surface area contributed by atoms with Crippen LogP contribution in [0.4, 0.5) is 5.69 Å². The van der Waals surface area contributed by atoms with Crippen molar-refractivity contribution >= 4 is 23.1 Å². The first-order valence-electron chi connectivity index (χ1n) is 10.8. The van der Waals surface area contributed by atoms with E-state index in [1.165, 1.54) is 10.9 Å². The van der Waals surface area contributed by atoms with Crippen LogP contribution in [0.15, 0.2) is 61.1 Å². The Bertz CT molecular complexity index is 1300. The van der Waals surface area contributed by atoms with Gasteiger partial charge in [-0.2, -0.15) is 5.10 Å². The van der Waals surface area contributed by atoms with Gasteiger partial charge >= 0.3 is 0 Å². The summed E-state index contributed by atoms with van der Waals surface area (Å²) in [5.74, 6) is -0.612. The van der Waals surface area contributed by atoms with Crippen LogP contribution in [0.3, 0.4) is 0 Å². The molecule has 0 saturated carbocycles. The van der Waals surface area contributed by atoms with Crippen LogP contribution in [0.5, 0.6) is 0 Å². The smallest absolute Gasteiger partial charge is 0.274 e. The fourth-order valence-electron chi connectivity index (χ4n) is 3.98. The lowest BCUT2D eigenvalue weighted by Gasteiger charge is -2.19. The maximum Gasteiger partial charge on any atom is 0.274 e. The highest BCUT2D eigenvalue weighted by atomic mass is 16.5. The largest absolute Gasteiger partial charge is 0.380 e. The lowest BCUT2D eigenvalue weighted by atomic mass is 10.2. The van der Waals surface area contributed by atoms with Crippen LogP contribution in [0.25, 0.3) is 16.9 Å². The number of imidazole rings is 1. The molecule has 5 rings (SSSR count). The third-order valence-electron chi connectivity index (χ3n) is 5.68. The van der Waals surface area contributed by atoms with Crippen molar-refractivity contribution in [2.24, 2.45) is 7.05 Å². The fourth-order valence-corrected chi connectivity index (χ4v) is 3.98. The first kappa shape index (κ1) is 20.9. The normalized spacial score (nSPS) is 14.3. The van der Waals surface area contributed by atoms with E-state index >= 15 is 0 Å². The molecule has 1 fully saturated rings. The van der Waals surface area contributed by atoms with Crippen molar-refractivity contribution in [3.8, 4) is 11.3 Å². The monoisotopic (exact) mass is 444 g/mol. The number of pyridine rings is 1. The summed E-state index contributed by atoms with van der Waals surface area (Å²) in [4.78, 5) is 32.6. The molecule has 33 heavy (non-hydrogen) atoms. The van der Waals surface area contributed by atoms with Crippen molar-refractivity contribution in [3.05, 3.63) is 72.3 Å². The second kappa shape index (κ2) is 8.87. The quantitative estimate of drug-likeness (QED) is 0.522. The Morgan fingerprint density at radius 2 is 1.94 bits per heavy atom. The van der Waals surface area contributed by atoms with Gasteiger partial charge in [0, 0.05) is 56.5 Å². The van der Waals surface area contributed by atoms with Crippen molar-refractivity contribution in [1.82, 2.24) is 24.1 Å². The Hall–Kier alpha value is -3.98. The highest BCUT2D eigenvalue weighted by Crippen LogP contribution is 2.21. The zero-order valence-corrected chi connectivity index (χ0v) is 18.3. The van der Waals surface area contributed by atoms with Crippen LogP contribution in [0, 0.1) is 0 Å². The number of ether oxygens (including phenoxy) is 1. The molecule has 2 amide bonds. The Balaban J connectivity index is 1.38. The molecule has 3 aromatic heterocycles. The number of anilines is 1. The van der Waals surface area contributed by atoms with Crippen LogP contribution < -0.4 is 5.32 Å². The van der Waals surface area contributed by atoms with Crippen LogP contribution in [0.1, 0.15) is 27.3 Å². The van der Waals surface area contributed by atoms with E-state index in [0.717, 1.165) is 17.7 Å². The summed E-state index contributed by atoms with van der Waals surface area (Å²) in [5, 5.41) is 7.05. The van der Waals surface area contributed by atoms with Gasteiger partial charge in [-0.1, -0.05) is 30.3 Å². The van der Waals surface area contributed by atoms with Crippen LogP contribution in [-0.4, -0.2) is 62.2 Å². The van der Waals surface area contributed by atoms with Crippen molar-refractivity contribution in [2.45, 2.75) is 6.42 Å². The molecule has 0 unspecified atom stereocenters. The number of carbonyl (C=O) groups excluding carboxylic acids is 2. The Labute approximate surface area is 190 Å². The van der Waals surface area contributed by atoms with E-state index < -0.39 is 5.91 Å². The third-order valence-corrected chi connectivity index (χ3v) is 5.68. The zero-order chi connectivity index (χ0) is 22.8. The van der Waals surface area contributed by atoms with E-state index in [1.54, 1.807) is 24.1 Å². The van der Waals surface area contributed by atoms with Gasteiger partial charge in [0.25, 0.3) is 11.8 Å². The maximum absolute atomic E-state index is 13.1. The van der Waals surface area contributed by atoms with Gasteiger partial charge in [0.2, 0.25) is 0 Å². The summed E-state index contributed by atoms with van der Waals surface area (Å²) in [7, 11) is 1.65. The van der Waals surface area contributed by atoms with Crippen LogP contribution in [-0.2, 0) is 11.8 Å². The number of aryl methyl sites for hydroxylation is 1. The SMILES string of the molecule is Cn1ncc(C(=O)N2CCCOCC2)c1C(=O)Nc1ccn2cc(-c3ccccc3)nc2c1. The first-order valence-corrected chi connectivity index (χ1v) is 10.8. The summed E-state index contributed by atoms with van der Waals surface area (Å²) in [5.41, 5.74) is 3.66. The molecule has 1 aliphatic heterocycles. The van der Waals surface area contributed by atoms with Crippen molar-refractivity contribution in [2.75, 3.05) is 31.6 Å². The molecule has 9 heteroatoms. The standard InChI is InChI=1S/C24H24N6O3/c1-28-22(19(15-25-28)24(32)29-9-5-12-33-13-11-29)23(31)26-18-8-10-30-16-20(27-21(30)14-18)17-6-3-2-4-7-17/h2-4,6-8,10,14-16H,5,9,11-13H2,1H3,(H,26,31). The summed E-state index contributed by atoms with van der Waals surface area (Å²) >= 11 is 0. The molecule has 4 heterocycles. The molecular formula is C24H24N6O3. The minimum absolute atomic E-state index is 0.213. The van der Waals surface area contributed by atoms with Gasteiger partial charge in [0.1, 0.15) is 11.3 Å². The van der Waals surface area contributed by atoms with Crippen molar-refractivity contribution in [1.29, 1.82) is 0 Å². The number of fused-ring (bicyclic) bond motifs is 1. The summed E-state index contributed by atoms with van der Waals surface area (Å²) in [6.45, 7) is 2.21. The molecule has 0 spiro atoms. The molecule has 1 saturated heterocycles. The van der Waals surface area contributed by atoms with Crippen LogP contribution >= 0.6 is 0 Å². The molecule has 0 bridgehead atoms. The minimum Gasteiger partial charge on any atom is -0.380 e. The number of nitrogens with one attached hydrogen (secondary N) is 1. The summed E-state index contributed by atoms with van der Waals surface area (Å²) in [6.07, 6.45) is 6.01. The van der Waals surface area contributed by atoms with Gasteiger partial charge in [0.05, 0.1) is 24.1 Å². The number of carbonyl (C=O) groups is 2. The molecule has 0 radical (unpaired) electrons. The number of rotatable bonds is 4. The predicted octanol–water partition coefficient (Wildman–Crippen LogP) is 2.85. The molecule has 0 atom stereocenters. The van der Waals surface area contributed by atoms with Gasteiger partial charge in [-0.3, -0.25) is 14.3 Å². The molecule has 0 aliphatic carbocycles. The fraction of sp³-hybridized carbons (Fsp3) is 0.250. The average Bonchev–Trinajstić information content (AvgIpc) is 3.32. The molecule has 168 valence electrons. The summed E-state index contributed by atoms with van der Waals surface area (Å²) < 4.78 is 8.77. The minimum atomic E-state index is -0.399. The number of benzene rings is 1. The van der Waals surface area contributed by atoms with E-state index in [0.29, 0.717) is 37.6 Å². The van der Waals surface area contributed by atoms with E-state index in [-0.39, 0.29) is 17.2 Å². The van der Waals surface area contributed by atoms with E-state index in [4.69, 9.17) is 4.74 Å². The van der Waals surface area contributed by atoms with Gasteiger partial charge in [-0.05, 0) is 12.5 Å². The van der Waals surface area contributed by atoms with Crippen molar-refractivity contribution in [3.63, 3.8) is 0 Å². The topological polar surface area (TPSA) is 93.8 Å². The lowest BCUT2D eigenvalue weighted by molar-refractivity contribution is 0.0737. The Kier molecular flexibility index (Phi) is 5.62. The van der Waals surface area contributed by atoms with Gasteiger partial charge in [0.15, 0.2) is 0 Å². The van der Waals surface area contributed by atoms with Gasteiger partial charge in [-0.15, -0.1) is 0 Å². The average molecular weight is 444 g/mol. The second-order valence-corrected chi connectivity index (χ2v) is 7.92. The van der Waals surface area contributed by atoms with Crippen molar-refractivity contribution < 1.29 is 14.3 Å². The Morgan fingerprint density at radius 3 is 2.79 bits per heavy atom. The second-order valence-electron chi connectivity index (χ2n) is 7.92. The number of aromatic nitrogens is 4. The van der Waals surface area contributed by atoms with Gasteiger partial charge in [-0.25, -0.2) is 4.98 Å². The highest BCUT2D eigenvalue weighted by Gasteiger charge is 2.26. The molecule has 9 nitrogen and oxygen atoms in total.